The molecule has 0 aliphatic carbocycles. The minimum absolute atomic E-state index is 0.193. The Morgan fingerprint density at radius 1 is 0.884 bits per heavy atom. The van der Waals surface area contributed by atoms with Crippen molar-refractivity contribution in [3.8, 4) is 0 Å². The number of imide groups is 1. The highest BCUT2D eigenvalue weighted by atomic mass is 32.2. The van der Waals surface area contributed by atoms with Gasteiger partial charge in [0.25, 0.3) is 0 Å². The first kappa shape index (κ1) is 28.9. The number of aromatic nitrogens is 1. The van der Waals surface area contributed by atoms with Crippen molar-refractivity contribution < 1.29 is 14.4 Å². The number of anilines is 3. The number of rotatable bonds is 8. The normalized spacial score (nSPS) is 19.2. The Morgan fingerprint density at radius 3 is 2.21 bits per heavy atom. The van der Waals surface area contributed by atoms with Gasteiger partial charge in [0.15, 0.2) is 0 Å². The molecule has 3 amide bonds. The summed E-state index contributed by atoms with van der Waals surface area (Å²) in [4.78, 5) is 58.4. The number of hydrogen-bond donors (Lipinski definition) is 1. The van der Waals surface area contributed by atoms with Crippen LogP contribution in [0, 0.1) is 12.8 Å². The van der Waals surface area contributed by atoms with Gasteiger partial charge < -0.3 is 10.2 Å². The summed E-state index contributed by atoms with van der Waals surface area (Å²) in [6, 6.07) is 24.5. The SMILES string of the molecule is CCN(CC)c1ccc([C@@H]2c3sc(=O)n(CC(=O)Nc4ccccc4)c3S[C@H]3C(=O)N(c4ccc(C)cc4)C(=O)[C@@H]23)cc1. The van der Waals surface area contributed by atoms with Crippen LogP contribution in [0.2, 0.25) is 0 Å². The largest absolute Gasteiger partial charge is 0.372 e. The molecule has 6 rings (SSSR count). The molecule has 1 fully saturated rings. The van der Waals surface area contributed by atoms with Crippen molar-refractivity contribution in [1.29, 1.82) is 0 Å². The summed E-state index contributed by atoms with van der Waals surface area (Å²) >= 11 is 2.28. The lowest BCUT2D eigenvalue weighted by atomic mass is 9.83. The quantitative estimate of drug-likeness (QED) is 0.264. The molecule has 3 aromatic carbocycles. The van der Waals surface area contributed by atoms with Gasteiger partial charge in [0.1, 0.15) is 11.8 Å². The van der Waals surface area contributed by atoms with Crippen molar-refractivity contribution in [2.24, 2.45) is 5.92 Å². The van der Waals surface area contributed by atoms with Crippen LogP contribution in [0.1, 0.15) is 35.8 Å². The molecule has 0 unspecified atom stereocenters. The van der Waals surface area contributed by atoms with Gasteiger partial charge in [0.2, 0.25) is 17.7 Å². The third kappa shape index (κ3) is 5.29. The van der Waals surface area contributed by atoms with E-state index < -0.39 is 17.1 Å². The molecule has 10 heteroatoms. The third-order valence-corrected chi connectivity index (χ3v) is 10.7. The number of amides is 3. The molecule has 1 saturated heterocycles. The number of para-hydroxylation sites is 1. The lowest BCUT2D eigenvalue weighted by Gasteiger charge is -2.31. The van der Waals surface area contributed by atoms with E-state index in [1.807, 2.05) is 61.5 Å². The summed E-state index contributed by atoms with van der Waals surface area (Å²) in [5.41, 5.74) is 4.12. The Balaban J connectivity index is 1.42. The Morgan fingerprint density at radius 2 is 1.56 bits per heavy atom. The summed E-state index contributed by atoms with van der Waals surface area (Å²) in [7, 11) is 0. The molecule has 43 heavy (non-hydrogen) atoms. The van der Waals surface area contributed by atoms with Crippen LogP contribution in [0.4, 0.5) is 17.1 Å². The second-order valence-electron chi connectivity index (χ2n) is 10.7. The molecule has 3 heterocycles. The topological polar surface area (TPSA) is 91.7 Å². The molecular formula is C33H32N4O4S2. The third-order valence-electron chi connectivity index (χ3n) is 8.08. The number of aryl methyl sites for hydroxylation is 1. The smallest absolute Gasteiger partial charge is 0.308 e. The first-order chi connectivity index (χ1) is 20.8. The predicted molar refractivity (Wildman–Crippen MR) is 172 cm³/mol. The van der Waals surface area contributed by atoms with E-state index in [1.165, 1.54) is 21.2 Å². The molecule has 3 atom stereocenters. The second kappa shape index (κ2) is 11.9. The zero-order chi connectivity index (χ0) is 30.2. The molecule has 0 saturated carbocycles. The molecule has 1 N–H and O–H groups in total. The molecule has 1 aromatic heterocycles. The Labute approximate surface area is 258 Å². The molecule has 0 spiro atoms. The van der Waals surface area contributed by atoms with E-state index in [1.54, 1.807) is 24.3 Å². The predicted octanol–water partition coefficient (Wildman–Crippen LogP) is 5.50. The van der Waals surface area contributed by atoms with E-state index in [2.05, 4.69) is 24.1 Å². The van der Waals surface area contributed by atoms with Crippen LogP contribution >= 0.6 is 23.1 Å². The first-order valence-electron chi connectivity index (χ1n) is 14.3. The average Bonchev–Trinajstić information content (AvgIpc) is 3.45. The van der Waals surface area contributed by atoms with Crippen molar-refractivity contribution >= 4 is 57.9 Å². The van der Waals surface area contributed by atoms with Gasteiger partial charge in [-0.25, -0.2) is 4.90 Å². The van der Waals surface area contributed by atoms with Crippen molar-refractivity contribution in [2.75, 3.05) is 28.2 Å². The highest BCUT2D eigenvalue weighted by Gasteiger charge is 2.56. The number of hydrogen-bond acceptors (Lipinski definition) is 7. The standard InChI is InChI=1S/C33H32N4O4S2/c1-4-35(5-2)23-17-13-21(14-18-23)26-27-28(31(40)37(30(27)39)24-15-11-20(3)12-16-24)42-32-29(26)43-33(41)36(32)19-25(38)34-22-9-7-6-8-10-22/h6-18,26-28H,4-5,19H2,1-3H3,(H,34,38)/t26-,27-,28+/m0/s1. The zero-order valence-electron chi connectivity index (χ0n) is 24.2. The number of thioether (sulfide) groups is 1. The van der Waals surface area contributed by atoms with Gasteiger partial charge in [-0.1, -0.05) is 71.1 Å². The Bertz CT molecular complexity index is 1730. The van der Waals surface area contributed by atoms with Crippen molar-refractivity contribution in [1.82, 2.24) is 4.57 Å². The van der Waals surface area contributed by atoms with Crippen LogP contribution in [0.3, 0.4) is 0 Å². The summed E-state index contributed by atoms with van der Waals surface area (Å²) in [5.74, 6) is -2.11. The van der Waals surface area contributed by atoms with E-state index in [4.69, 9.17) is 0 Å². The van der Waals surface area contributed by atoms with Crippen molar-refractivity contribution in [3.05, 3.63) is 105 Å². The first-order valence-corrected chi connectivity index (χ1v) is 16.0. The molecule has 4 aromatic rings. The lowest BCUT2D eigenvalue weighted by molar-refractivity contribution is -0.122. The van der Waals surface area contributed by atoms with Crippen molar-refractivity contribution in [2.45, 2.75) is 43.5 Å². The van der Waals surface area contributed by atoms with Gasteiger partial charge in [-0.2, -0.15) is 0 Å². The minimum Gasteiger partial charge on any atom is -0.372 e. The van der Waals surface area contributed by atoms with Crippen LogP contribution in [0.25, 0.3) is 0 Å². The van der Waals surface area contributed by atoms with E-state index in [0.717, 1.165) is 41.2 Å². The highest BCUT2D eigenvalue weighted by Crippen LogP contribution is 2.54. The Hall–Kier alpha value is -4.15. The maximum Gasteiger partial charge on any atom is 0.308 e. The highest BCUT2D eigenvalue weighted by molar-refractivity contribution is 8.00. The molecule has 0 radical (unpaired) electrons. The second-order valence-corrected chi connectivity index (χ2v) is 12.8. The van der Waals surface area contributed by atoms with Gasteiger partial charge in [0, 0.05) is 35.3 Å². The number of carbonyl (C=O) groups excluding carboxylic acids is 3. The van der Waals surface area contributed by atoms with E-state index in [9.17, 15) is 19.2 Å². The zero-order valence-corrected chi connectivity index (χ0v) is 25.8. The maximum absolute atomic E-state index is 14.1. The van der Waals surface area contributed by atoms with Crippen molar-refractivity contribution in [3.63, 3.8) is 0 Å². The van der Waals surface area contributed by atoms with E-state index in [0.29, 0.717) is 21.3 Å². The number of nitrogens with one attached hydrogen (secondary N) is 1. The van der Waals surface area contributed by atoms with E-state index in [-0.39, 0.29) is 29.1 Å². The summed E-state index contributed by atoms with van der Waals surface area (Å²) in [6.07, 6.45) is 0. The fraction of sp³-hybridized carbons (Fsp3) is 0.273. The molecule has 8 nitrogen and oxygen atoms in total. The monoisotopic (exact) mass is 612 g/mol. The van der Waals surface area contributed by atoms with Crippen LogP contribution in [-0.4, -0.2) is 40.6 Å². The fourth-order valence-corrected chi connectivity index (χ4v) is 8.68. The average molecular weight is 613 g/mol. The van der Waals surface area contributed by atoms with Gasteiger partial charge >= 0.3 is 4.87 Å². The molecular weight excluding hydrogens is 581 g/mol. The fourth-order valence-electron chi connectivity index (χ4n) is 5.91. The number of nitrogens with zero attached hydrogens (tertiary/aromatic N) is 3. The molecule has 220 valence electrons. The van der Waals surface area contributed by atoms with Gasteiger partial charge in [-0.15, -0.1) is 0 Å². The molecule has 2 aliphatic heterocycles. The van der Waals surface area contributed by atoms with Gasteiger partial charge in [0.05, 0.1) is 16.6 Å². The van der Waals surface area contributed by atoms with Crippen LogP contribution in [0.5, 0.6) is 0 Å². The number of thiazole rings is 1. The summed E-state index contributed by atoms with van der Waals surface area (Å²) in [5, 5.41) is 2.69. The van der Waals surface area contributed by atoms with Gasteiger partial charge in [-0.3, -0.25) is 23.7 Å². The van der Waals surface area contributed by atoms with Gasteiger partial charge in [-0.05, 0) is 62.7 Å². The Kier molecular flexibility index (Phi) is 7.98. The number of carbonyl (C=O) groups is 3. The van der Waals surface area contributed by atoms with E-state index >= 15 is 0 Å². The van der Waals surface area contributed by atoms with Crippen LogP contribution < -0.4 is 20.0 Å². The molecule has 0 bridgehead atoms. The van der Waals surface area contributed by atoms with Crippen LogP contribution in [-0.2, 0) is 20.9 Å². The molecule has 2 aliphatic rings. The lowest BCUT2D eigenvalue weighted by Crippen LogP contribution is -2.33. The minimum atomic E-state index is -0.730. The summed E-state index contributed by atoms with van der Waals surface area (Å²) in [6.45, 7) is 7.68. The van der Waals surface area contributed by atoms with Crippen LogP contribution in [0.15, 0.2) is 88.7 Å². The summed E-state index contributed by atoms with van der Waals surface area (Å²) < 4.78 is 1.45. The number of benzene rings is 3. The maximum atomic E-state index is 14.1. The number of fused-ring (bicyclic) bond motifs is 2.